The van der Waals surface area contributed by atoms with Gasteiger partial charge in [0.05, 0.1) is 17.6 Å². The van der Waals surface area contributed by atoms with Crippen molar-refractivity contribution in [2.45, 2.75) is 52.1 Å². The smallest absolute Gasteiger partial charge is 0.242 e. The van der Waals surface area contributed by atoms with Crippen LogP contribution in [0.1, 0.15) is 56.8 Å². The van der Waals surface area contributed by atoms with Crippen LogP contribution in [0.4, 0.5) is 11.4 Å². The molecule has 2 N–H and O–H groups in total. The Morgan fingerprint density at radius 2 is 1.90 bits per heavy atom. The Bertz CT molecular complexity index is 1440. The van der Waals surface area contributed by atoms with Crippen LogP contribution >= 0.6 is 0 Å². The van der Waals surface area contributed by atoms with Crippen molar-refractivity contribution in [2.24, 2.45) is 0 Å². The Morgan fingerprint density at radius 3 is 2.73 bits per heavy atom. The van der Waals surface area contributed by atoms with Crippen LogP contribution in [0.25, 0.3) is 0 Å². The fourth-order valence-corrected chi connectivity index (χ4v) is 4.60. The Balaban J connectivity index is 1.22. The molecule has 0 fully saturated rings. The summed E-state index contributed by atoms with van der Waals surface area (Å²) in [5.41, 5.74) is 3.66. The number of amides is 1. The standard InChI is InChI=1S/C32H34N4O4/c1-3-4-5-17-33-28-10-7-18-34-32(28)39-26-9-6-8-23(19-26)29-14-11-24-20-27(13-15-30(24)40-29)38-31-16-12-25(21-35-31)36-22(2)37/h6-10,12-13,15-16,18-21,29,33H,3-5,11,14,17H2,1-2H3,(H,36,37). The van der Waals surface area contributed by atoms with Gasteiger partial charge in [0, 0.05) is 25.7 Å². The van der Waals surface area contributed by atoms with Crippen LogP contribution in [0.3, 0.4) is 0 Å². The van der Waals surface area contributed by atoms with Gasteiger partial charge in [-0.1, -0.05) is 31.9 Å². The Morgan fingerprint density at radius 1 is 1.00 bits per heavy atom. The summed E-state index contributed by atoms with van der Waals surface area (Å²) in [7, 11) is 0. The second kappa shape index (κ2) is 13.0. The van der Waals surface area contributed by atoms with Crippen molar-refractivity contribution in [3.05, 3.63) is 90.3 Å². The lowest BCUT2D eigenvalue weighted by Crippen LogP contribution is -2.15. The number of aromatic nitrogens is 2. The lowest BCUT2D eigenvalue weighted by Gasteiger charge is -2.27. The van der Waals surface area contributed by atoms with E-state index in [9.17, 15) is 4.79 Å². The molecule has 2 aromatic heterocycles. The molecule has 3 heterocycles. The molecule has 40 heavy (non-hydrogen) atoms. The van der Waals surface area contributed by atoms with Gasteiger partial charge in [0.15, 0.2) is 0 Å². The van der Waals surface area contributed by atoms with Crippen molar-refractivity contribution in [3.8, 4) is 29.0 Å². The van der Waals surface area contributed by atoms with E-state index in [0.717, 1.165) is 54.1 Å². The number of ether oxygens (including phenoxy) is 3. The first-order valence-electron chi connectivity index (χ1n) is 13.7. The maximum absolute atomic E-state index is 11.2. The van der Waals surface area contributed by atoms with Crippen molar-refractivity contribution in [2.75, 3.05) is 17.2 Å². The highest BCUT2D eigenvalue weighted by Crippen LogP contribution is 2.38. The normalized spacial score (nSPS) is 14.0. The van der Waals surface area contributed by atoms with Gasteiger partial charge in [0.2, 0.25) is 17.7 Å². The molecule has 5 rings (SSSR count). The number of anilines is 2. The van der Waals surface area contributed by atoms with Crippen LogP contribution in [0.2, 0.25) is 0 Å². The van der Waals surface area contributed by atoms with E-state index in [1.54, 1.807) is 24.5 Å². The zero-order valence-corrected chi connectivity index (χ0v) is 22.9. The van der Waals surface area contributed by atoms with Crippen LogP contribution in [0.5, 0.6) is 29.0 Å². The van der Waals surface area contributed by atoms with Crippen molar-refractivity contribution in [3.63, 3.8) is 0 Å². The van der Waals surface area contributed by atoms with Gasteiger partial charge in [0.25, 0.3) is 0 Å². The summed E-state index contributed by atoms with van der Waals surface area (Å²) in [6.07, 6.45) is 8.39. The lowest BCUT2D eigenvalue weighted by molar-refractivity contribution is -0.114. The van der Waals surface area contributed by atoms with E-state index in [0.29, 0.717) is 23.2 Å². The zero-order chi connectivity index (χ0) is 27.7. The highest BCUT2D eigenvalue weighted by Gasteiger charge is 2.22. The molecule has 1 amide bonds. The molecular weight excluding hydrogens is 504 g/mol. The largest absolute Gasteiger partial charge is 0.485 e. The fraction of sp³-hybridized carbons (Fsp3) is 0.281. The summed E-state index contributed by atoms with van der Waals surface area (Å²) in [5, 5.41) is 6.14. The minimum Gasteiger partial charge on any atom is -0.485 e. The molecule has 206 valence electrons. The SMILES string of the molecule is CCCCCNc1cccnc1Oc1cccc(C2CCc3cc(Oc4ccc(NC(C)=O)cn4)ccc3O2)c1. The Labute approximate surface area is 234 Å². The van der Waals surface area contributed by atoms with Crippen LogP contribution in [-0.4, -0.2) is 22.4 Å². The molecular formula is C32H34N4O4. The first kappa shape index (κ1) is 27.0. The van der Waals surface area contributed by atoms with Crippen molar-refractivity contribution in [1.29, 1.82) is 0 Å². The van der Waals surface area contributed by atoms with Crippen molar-refractivity contribution >= 4 is 17.3 Å². The van der Waals surface area contributed by atoms with Gasteiger partial charge in [-0.3, -0.25) is 4.79 Å². The average Bonchev–Trinajstić information content (AvgIpc) is 2.97. The van der Waals surface area contributed by atoms with Gasteiger partial charge in [-0.15, -0.1) is 0 Å². The highest BCUT2D eigenvalue weighted by atomic mass is 16.5. The molecule has 4 aromatic rings. The number of hydrogen-bond acceptors (Lipinski definition) is 7. The van der Waals surface area contributed by atoms with Gasteiger partial charge in [0.1, 0.15) is 23.4 Å². The topological polar surface area (TPSA) is 94.6 Å². The van der Waals surface area contributed by atoms with Gasteiger partial charge in [-0.05, 0) is 78.9 Å². The predicted molar refractivity (Wildman–Crippen MR) is 156 cm³/mol. The number of benzene rings is 2. The number of rotatable bonds is 11. The molecule has 0 saturated carbocycles. The summed E-state index contributed by atoms with van der Waals surface area (Å²) < 4.78 is 18.5. The molecule has 1 aliphatic rings. The monoisotopic (exact) mass is 538 g/mol. The molecule has 2 aromatic carbocycles. The van der Waals surface area contributed by atoms with Crippen LogP contribution in [0, 0.1) is 0 Å². The maximum atomic E-state index is 11.2. The molecule has 1 atom stereocenters. The van der Waals surface area contributed by atoms with Crippen LogP contribution in [-0.2, 0) is 11.2 Å². The van der Waals surface area contributed by atoms with Crippen molar-refractivity contribution in [1.82, 2.24) is 9.97 Å². The first-order valence-corrected chi connectivity index (χ1v) is 13.7. The number of fused-ring (bicyclic) bond motifs is 1. The van der Waals surface area contributed by atoms with Crippen molar-refractivity contribution < 1.29 is 19.0 Å². The highest BCUT2D eigenvalue weighted by molar-refractivity contribution is 5.88. The van der Waals surface area contributed by atoms with Gasteiger partial charge in [-0.25, -0.2) is 9.97 Å². The maximum Gasteiger partial charge on any atom is 0.242 e. The molecule has 0 saturated heterocycles. The molecule has 0 radical (unpaired) electrons. The van der Waals surface area contributed by atoms with E-state index in [2.05, 4.69) is 33.6 Å². The number of carbonyl (C=O) groups excluding carboxylic acids is 1. The third-order valence-electron chi connectivity index (χ3n) is 6.57. The number of carbonyl (C=O) groups is 1. The molecule has 0 aliphatic carbocycles. The van der Waals surface area contributed by atoms with Gasteiger partial charge >= 0.3 is 0 Å². The van der Waals surface area contributed by atoms with E-state index in [-0.39, 0.29) is 12.0 Å². The predicted octanol–water partition coefficient (Wildman–Crippen LogP) is 7.69. The number of nitrogens with zero attached hydrogens (tertiary/aromatic N) is 2. The van der Waals surface area contributed by atoms with E-state index in [1.807, 2.05) is 48.5 Å². The number of aryl methyl sites for hydroxylation is 1. The average molecular weight is 539 g/mol. The minimum absolute atomic E-state index is 0.0822. The number of unbranched alkanes of at least 4 members (excludes halogenated alkanes) is 2. The number of pyridine rings is 2. The summed E-state index contributed by atoms with van der Waals surface area (Å²) >= 11 is 0. The number of hydrogen-bond donors (Lipinski definition) is 2. The molecule has 0 bridgehead atoms. The third kappa shape index (κ3) is 7.08. The fourth-order valence-electron chi connectivity index (χ4n) is 4.60. The zero-order valence-electron chi connectivity index (χ0n) is 22.9. The summed E-state index contributed by atoms with van der Waals surface area (Å²) in [4.78, 5) is 19.9. The Kier molecular flexibility index (Phi) is 8.76. The Hall–Kier alpha value is -4.59. The quantitative estimate of drug-likeness (QED) is 0.189. The van der Waals surface area contributed by atoms with Gasteiger partial charge < -0.3 is 24.8 Å². The molecule has 1 unspecified atom stereocenters. The summed E-state index contributed by atoms with van der Waals surface area (Å²) in [6.45, 7) is 4.54. The van der Waals surface area contributed by atoms with Crippen LogP contribution in [0.15, 0.2) is 79.1 Å². The first-order chi connectivity index (χ1) is 19.6. The van der Waals surface area contributed by atoms with E-state index in [4.69, 9.17) is 14.2 Å². The second-order valence-electron chi connectivity index (χ2n) is 9.75. The molecule has 0 spiro atoms. The molecule has 8 nitrogen and oxygen atoms in total. The summed E-state index contributed by atoms with van der Waals surface area (Å²) in [6, 6.07) is 21.2. The second-order valence-corrected chi connectivity index (χ2v) is 9.75. The summed E-state index contributed by atoms with van der Waals surface area (Å²) in [5.74, 6) is 3.13. The molecule has 8 heteroatoms. The van der Waals surface area contributed by atoms with E-state index >= 15 is 0 Å². The third-order valence-corrected chi connectivity index (χ3v) is 6.57. The van der Waals surface area contributed by atoms with Gasteiger partial charge in [-0.2, -0.15) is 0 Å². The number of nitrogens with one attached hydrogen (secondary N) is 2. The van der Waals surface area contributed by atoms with E-state index < -0.39 is 0 Å². The van der Waals surface area contributed by atoms with Crippen LogP contribution < -0.4 is 24.8 Å². The lowest BCUT2D eigenvalue weighted by atomic mass is 9.97. The molecule has 1 aliphatic heterocycles. The minimum atomic E-state index is -0.143. The van der Waals surface area contributed by atoms with E-state index in [1.165, 1.54) is 19.8 Å².